The third-order valence-corrected chi connectivity index (χ3v) is 3.59. The Hall–Kier alpha value is -0.300. The van der Waals surface area contributed by atoms with Crippen molar-refractivity contribution in [2.24, 2.45) is 0 Å². The van der Waals surface area contributed by atoms with Gasteiger partial charge in [-0.25, -0.2) is 8.42 Å². The summed E-state index contributed by atoms with van der Waals surface area (Å²) in [6.45, 7) is 0. The molecular formula is C12H9NaO3S2. The summed E-state index contributed by atoms with van der Waals surface area (Å²) in [7, 11) is -4.50. The van der Waals surface area contributed by atoms with Crippen LogP contribution in [0.25, 0.3) is 11.1 Å². The molecule has 2 aromatic carbocycles. The Kier molecular flexibility index (Phi) is 5.46. The van der Waals surface area contributed by atoms with E-state index in [1.54, 1.807) is 30.3 Å². The molecule has 2 rings (SSSR count). The first-order chi connectivity index (χ1) is 8.00. The maximum Gasteiger partial charge on any atom is 1.00 e. The average Bonchev–Trinajstić information content (AvgIpc) is 2.28. The van der Waals surface area contributed by atoms with Crippen molar-refractivity contribution in [3.63, 3.8) is 0 Å². The summed E-state index contributed by atoms with van der Waals surface area (Å²) < 4.78 is 33.6. The Balaban J connectivity index is 0.00000162. The smallest absolute Gasteiger partial charge is 0.744 e. The summed E-state index contributed by atoms with van der Waals surface area (Å²) in [5.41, 5.74) is 1.01. The minimum absolute atomic E-state index is 0. The van der Waals surface area contributed by atoms with Crippen LogP contribution in [0, 0.1) is 0 Å². The first kappa shape index (κ1) is 15.8. The van der Waals surface area contributed by atoms with E-state index in [4.69, 9.17) is 0 Å². The van der Waals surface area contributed by atoms with Gasteiger partial charge in [0.25, 0.3) is 0 Å². The first-order valence-electron chi connectivity index (χ1n) is 4.83. The first-order valence-corrected chi connectivity index (χ1v) is 6.69. The molecule has 0 aromatic heterocycles. The van der Waals surface area contributed by atoms with E-state index in [0.29, 0.717) is 16.0 Å². The van der Waals surface area contributed by atoms with Crippen molar-refractivity contribution in [3.8, 4) is 11.1 Å². The molecule has 0 saturated heterocycles. The van der Waals surface area contributed by atoms with Crippen LogP contribution < -0.4 is 29.6 Å². The fourth-order valence-corrected chi connectivity index (χ4v) is 2.76. The molecule has 0 aliphatic heterocycles. The molecule has 0 unspecified atom stereocenters. The van der Waals surface area contributed by atoms with Crippen molar-refractivity contribution < 1.29 is 42.5 Å². The molecule has 0 bridgehead atoms. The molecule has 18 heavy (non-hydrogen) atoms. The maximum absolute atomic E-state index is 11.2. The normalized spacial score (nSPS) is 10.8. The second-order valence-corrected chi connectivity index (χ2v) is 5.30. The van der Waals surface area contributed by atoms with E-state index in [9.17, 15) is 13.0 Å². The molecule has 0 aliphatic rings. The fraction of sp³-hybridized carbons (Fsp3) is 0. The van der Waals surface area contributed by atoms with E-state index in [0.717, 1.165) is 0 Å². The van der Waals surface area contributed by atoms with Gasteiger partial charge in [0, 0.05) is 10.5 Å². The largest absolute Gasteiger partial charge is 1.00 e. The molecule has 88 valence electrons. The van der Waals surface area contributed by atoms with Gasteiger partial charge in [0.2, 0.25) is 0 Å². The van der Waals surface area contributed by atoms with Crippen LogP contribution in [0.2, 0.25) is 0 Å². The van der Waals surface area contributed by atoms with E-state index in [1.807, 2.05) is 6.07 Å². The van der Waals surface area contributed by atoms with E-state index in [2.05, 4.69) is 12.6 Å². The molecule has 0 spiro atoms. The van der Waals surface area contributed by atoms with Crippen LogP contribution in [0.3, 0.4) is 0 Å². The van der Waals surface area contributed by atoms with Crippen molar-refractivity contribution in [1.82, 2.24) is 0 Å². The molecule has 0 amide bonds. The van der Waals surface area contributed by atoms with E-state index < -0.39 is 10.1 Å². The minimum Gasteiger partial charge on any atom is -0.744 e. The third-order valence-electron chi connectivity index (χ3n) is 2.34. The molecule has 0 aliphatic carbocycles. The minimum atomic E-state index is -4.50. The van der Waals surface area contributed by atoms with Gasteiger partial charge in [0.15, 0.2) is 0 Å². The summed E-state index contributed by atoms with van der Waals surface area (Å²) in [4.78, 5) is 0.226. The van der Waals surface area contributed by atoms with E-state index in [-0.39, 0.29) is 34.5 Å². The van der Waals surface area contributed by atoms with Gasteiger partial charge in [-0.15, -0.1) is 12.6 Å². The van der Waals surface area contributed by atoms with Crippen LogP contribution in [0.1, 0.15) is 0 Å². The van der Waals surface area contributed by atoms with Gasteiger partial charge in [-0.05, 0) is 17.7 Å². The number of hydrogen-bond donors (Lipinski definition) is 1. The van der Waals surface area contributed by atoms with Gasteiger partial charge < -0.3 is 4.55 Å². The molecule has 0 N–H and O–H groups in total. The zero-order valence-corrected chi connectivity index (χ0v) is 13.4. The van der Waals surface area contributed by atoms with Crippen LogP contribution >= 0.6 is 12.6 Å². The maximum atomic E-state index is 11.2. The summed E-state index contributed by atoms with van der Waals surface area (Å²) in [5.74, 6) is 0. The molecule has 0 radical (unpaired) electrons. The van der Waals surface area contributed by atoms with Crippen molar-refractivity contribution >= 4 is 22.7 Å². The zero-order chi connectivity index (χ0) is 12.5. The molecule has 3 nitrogen and oxygen atoms in total. The second kappa shape index (κ2) is 6.23. The molecule has 0 heterocycles. The molecule has 6 heteroatoms. The van der Waals surface area contributed by atoms with Gasteiger partial charge in [-0.3, -0.25) is 0 Å². The quantitative estimate of drug-likeness (QED) is 0.463. The summed E-state index contributed by atoms with van der Waals surface area (Å²) >= 11 is 4.21. The van der Waals surface area contributed by atoms with E-state index in [1.165, 1.54) is 12.1 Å². The SMILES string of the molecule is O=S(=O)([O-])c1cccc(S)c1-c1ccccc1.[Na+]. The van der Waals surface area contributed by atoms with Crippen LogP contribution in [-0.2, 0) is 10.1 Å². The second-order valence-electron chi connectivity index (χ2n) is 3.47. The molecular weight excluding hydrogens is 279 g/mol. The fourth-order valence-electron chi connectivity index (χ4n) is 1.62. The van der Waals surface area contributed by atoms with Crippen LogP contribution in [-0.4, -0.2) is 13.0 Å². The molecule has 0 saturated carbocycles. The monoisotopic (exact) mass is 288 g/mol. The Labute approximate surface area is 134 Å². The Bertz CT molecular complexity index is 640. The topological polar surface area (TPSA) is 57.2 Å². The standard InChI is InChI=1S/C12H10O3S2.Na/c13-17(14,15)11-8-4-7-10(16)12(11)9-5-2-1-3-6-9;/h1-8,16H,(H,13,14,15);/q;+1/p-1. The summed E-state index contributed by atoms with van der Waals surface area (Å²) in [6.07, 6.45) is 0. The van der Waals surface area contributed by atoms with Crippen molar-refractivity contribution in [2.45, 2.75) is 9.79 Å². The van der Waals surface area contributed by atoms with Gasteiger partial charge in [0.1, 0.15) is 10.1 Å². The van der Waals surface area contributed by atoms with Gasteiger partial charge in [0.05, 0.1) is 4.90 Å². The zero-order valence-electron chi connectivity index (χ0n) is 9.70. The predicted octanol–water partition coefficient (Wildman–Crippen LogP) is -0.450. The predicted molar refractivity (Wildman–Crippen MR) is 67.1 cm³/mol. The number of benzene rings is 2. The Morgan fingerprint density at radius 1 is 0.944 bits per heavy atom. The van der Waals surface area contributed by atoms with Crippen molar-refractivity contribution in [1.29, 1.82) is 0 Å². The van der Waals surface area contributed by atoms with Crippen LogP contribution in [0.4, 0.5) is 0 Å². The molecule has 0 atom stereocenters. The average molecular weight is 288 g/mol. The number of rotatable bonds is 2. The molecule has 0 fully saturated rings. The van der Waals surface area contributed by atoms with Crippen LogP contribution in [0.15, 0.2) is 58.3 Å². The summed E-state index contributed by atoms with van der Waals surface area (Å²) in [6, 6.07) is 13.3. The Morgan fingerprint density at radius 3 is 2.11 bits per heavy atom. The van der Waals surface area contributed by atoms with Gasteiger partial charge in [-0.2, -0.15) is 0 Å². The number of hydrogen-bond acceptors (Lipinski definition) is 4. The van der Waals surface area contributed by atoms with Gasteiger partial charge >= 0.3 is 29.6 Å². The number of thiol groups is 1. The molecule has 2 aromatic rings. The van der Waals surface area contributed by atoms with E-state index >= 15 is 0 Å². The van der Waals surface area contributed by atoms with Crippen molar-refractivity contribution in [2.75, 3.05) is 0 Å². The van der Waals surface area contributed by atoms with Crippen LogP contribution in [0.5, 0.6) is 0 Å². The van der Waals surface area contributed by atoms with Gasteiger partial charge in [-0.1, -0.05) is 36.4 Å². The summed E-state index contributed by atoms with van der Waals surface area (Å²) in [5, 5.41) is 0. The van der Waals surface area contributed by atoms with Crippen molar-refractivity contribution in [3.05, 3.63) is 48.5 Å². The Morgan fingerprint density at radius 2 is 1.56 bits per heavy atom. The third kappa shape index (κ3) is 3.38.